The van der Waals surface area contributed by atoms with Crippen LogP contribution in [0, 0.1) is 25.7 Å². The number of methoxy groups -OCH3 is 1. The second-order valence-corrected chi connectivity index (χ2v) is 9.11. The van der Waals surface area contributed by atoms with Gasteiger partial charge in [0.15, 0.2) is 0 Å². The number of nitrogens with one attached hydrogen (secondary N) is 2. The van der Waals surface area contributed by atoms with Crippen LogP contribution in [0.3, 0.4) is 0 Å². The largest absolute Gasteiger partial charge is 0.455 e. The summed E-state index contributed by atoms with van der Waals surface area (Å²) in [6, 6.07) is 14.7. The number of fused-ring (bicyclic) bond motifs is 1. The first-order chi connectivity index (χ1) is 18.2. The zero-order chi connectivity index (χ0) is 27.1. The van der Waals surface area contributed by atoms with Gasteiger partial charge in [0.25, 0.3) is 0 Å². The van der Waals surface area contributed by atoms with Crippen molar-refractivity contribution in [2.45, 2.75) is 32.7 Å². The Morgan fingerprint density at radius 2 is 1.92 bits per heavy atom. The second-order valence-electron chi connectivity index (χ2n) is 9.11. The van der Waals surface area contributed by atoms with Crippen molar-refractivity contribution in [1.82, 2.24) is 20.3 Å². The van der Waals surface area contributed by atoms with Crippen LogP contribution in [0.5, 0.6) is 11.5 Å². The number of nitrogens with zero attached hydrogens (tertiary/aromatic N) is 3. The number of ether oxygens (including phenoxy) is 2. The predicted molar refractivity (Wildman–Crippen MR) is 148 cm³/mol. The number of pyridine rings is 1. The molecule has 0 radical (unpaired) electrons. The number of aromatic nitrogens is 3. The number of hydrogen-bond donors (Lipinski definition) is 3. The van der Waals surface area contributed by atoms with Crippen molar-refractivity contribution in [2.75, 3.05) is 19.0 Å². The average Bonchev–Trinajstić information content (AvgIpc) is 2.89. The summed E-state index contributed by atoms with van der Waals surface area (Å²) in [5.41, 5.74) is 8.79. The smallest absolute Gasteiger partial charge is 0.313 e. The lowest BCUT2D eigenvalue weighted by Gasteiger charge is -2.23. The average molecular weight is 511 g/mol. The van der Waals surface area contributed by atoms with Crippen molar-refractivity contribution < 1.29 is 14.3 Å². The minimum absolute atomic E-state index is 0.427. The van der Waals surface area contributed by atoms with Crippen molar-refractivity contribution in [2.24, 2.45) is 5.73 Å². The minimum Gasteiger partial charge on any atom is -0.455 e. The van der Waals surface area contributed by atoms with Crippen molar-refractivity contribution in [3.8, 4) is 23.3 Å². The molecule has 9 nitrogen and oxygen atoms in total. The topological polar surface area (TPSA) is 124 Å². The van der Waals surface area contributed by atoms with Gasteiger partial charge in [-0.2, -0.15) is 0 Å². The summed E-state index contributed by atoms with van der Waals surface area (Å²) in [4.78, 5) is 24.6. The zero-order valence-electron chi connectivity index (χ0n) is 21.8. The van der Waals surface area contributed by atoms with Crippen LogP contribution in [-0.2, 0) is 4.74 Å². The maximum atomic E-state index is 11.5. The van der Waals surface area contributed by atoms with E-state index in [-0.39, 0.29) is 0 Å². The highest BCUT2D eigenvalue weighted by Crippen LogP contribution is 2.30. The standard InChI is InChI=1S/C29H30N6O3/c1-19-15-22(7-10-26(19)38-23-8-5-20(2)31-17-23)34-27-24-16-21(6-9-25(24)32-18-33-27)11-12-29(3,13-14-37-4)35-28(30)36/h5-10,15-18H,13-14H2,1-4H3,(H3,30,35,36)(H,32,33,34). The lowest BCUT2D eigenvalue weighted by atomic mass is 9.98. The number of rotatable bonds is 8. The van der Waals surface area contributed by atoms with Crippen LogP contribution in [0.1, 0.15) is 30.2 Å². The van der Waals surface area contributed by atoms with E-state index in [1.165, 1.54) is 6.33 Å². The van der Waals surface area contributed by atoms with Gasteiger partial charge in [0.2, 0.25) is 0 Å². The molecule has 9 heteroatoms. The molecule has 2 amide bonds. The molecule has 1 unspecified atom stereocenters. The van der Waals surface area contributed by atoms with Gasteiger partial charge in [-0.3, -0.25) is 4.98 Å². The van der Waals surface area contributed by atoms with Gasteiger partial charge in [-0.1, -0.05) is 11.8 Å². The van der Waals surface area contributed by atoms with Crippen LogP contribution in [0.4, 0.5) is 16.3 Å². The summed E-state index contributed by atoms with van der Waals surface area (Å²) >= 11 is 0. The Balaban J connectivity index is 1.58. The highest BCUT2D eigenvalue weighted by Gasteiger charge is 2.22. The Kier molecular flexibility index (Phi) is 8.04. The third-order valence-corrected chi connectivity index (χ3v) is 5.87. The summed E-state index contributed by atoms with van der Waals surface area (Å²) < 4.78 is 11.1. The van der Waals surface area contributed by atoms with Gasteiger partial charge in [-0.15, -0.1) is 0 Å². The van der Waals surface area contributed by atoms with Gasteiger partial charge in [-0.25, -0.2) is 14.8 Å². The van der Waals surface area contributed by atoms with Crippen LogP contribution in [0.2, 0.25) is 0 Å². The Morgan fingerprint density at radius 3 is 2.63 bits per heavy atom. The molecule has 38 heavy (non-hydrogen) atoms. The van der Waals surface area contributed by atoms with E-state index in [2.05, 4.69) is 37.4 Å². The number of urea groups is 1. The predicted octanol–water partition coefficient (Wildman–Crippen LogP) is 4.99. The highest BCUT2D eigenvalue weighted by atomic mass is 16.5. The van der Waals surface area contributed by atoms with Crippen molar-refractivity contribution in [3.05, 3.63) is 77.9 Å². The lowest BCUT2D eigenvalue weighted by molar-refractivity contribution is 0.174. The number of nitrogens with two attached hydrogens (primary N) is 1. The van der Waals surface area contributed by atoms with E-state index in [0.29, 0.717) is 24.6 Å². The third kappa shape index (κ3) is 6.75. The molecule has 0 spiro atoms. The maximum absolute atomic E-state index is 11.5. The van der Waals surface area contributed by atoms with E-state index in [0.717, 1.165) is 39.2 Å². The molecule has 0 bridgehead atoms. The number of hydrogen-bond acceptors (Lipinski definition) is 7. The number of carbonyl (C=O) groups excluding carboxylic acids is 1. The Hall–Kier alpha value is -4.68. The fraction of sp³-hybridized carbons (Fsp3) is 0.241. The zero-order valence-corrected chi connectivity index (χ0v) is 21.8. The molecule has 0 aliphatic carbocycles. The van der Waals surface area contributed by atoms with Crippen LogP contribution in [-0.4, -0.2) is 40.2 Å². The third-order valence-electron chi connectivity index (χ3n) is 5.87. The molecular weight excluding hydrogens is 480 g/mol. The first-order valence-electron chi connectivity index (χ1n) is 12.1. The first kappa shape index (κ1) is 26.4. The molecule has 2 aromatic carbocycles. The first-order valence-corrected chi connectivity index (χ1v) is 12.1. The Morgan fingerprint density at radius 1 is 1.08 bits per heavy atom. The Bertz CT molecular complexity index is 1510. The summed E-state index contributed by atoms with van der Waals surface area (Å²) in [6.45, 7) is 6.15. The maximum Gasteiger partial charge on any atom is 0.313 e. The molecule has 4 N–H and O–H groups in total. The number of amides is 2. The van der Waals surface area contributed by atoms with Gasteiger partial charge >= 0.3 is 6.03 Å². The van der Waals surface area contributed by atoms with Gasteiger partial charge in [-0.05, 0) is 74.9 Å². The fourth-order valence-electron chi connectivity index (χ4n) is 3.80. The van der Waals surface area contributed by atoms with E-state index in [1.54, 1.807) is 13.3 Å². The number of anilines is 2. The SMILES string of the molecule is COCCC(C)(C#Cc1ccc2ncnc(Nc3ccc(Oc4ccc(C)nc4)c(C)c3)c2c1)NC(N)=O. The van der Waals surface area contributed by atoms with Gasteiger partial charge in [0.05, 0.1) is 11.7 Å². The van der Waals surface area contributed by atoms with Crippen LogP contribution < -0.4 is 21.1 Å². The molecule has 0 fully saturated rings. The molecule has 2 heterocycles. The number of carbonyl (C=O) groups is 1. The number of benzene rings is 2. The molecule has 2 aromatic heterocycles. The van der Waals surface area contributed by atoms with Crippen LogP contribution in [0.15, 0.2) is 61.1 Å². The minimum atomic E-state index is -0.832. The van der Waals surface area contributed by atoms with Gasteiger partial charge in [0.1, 0.15) is 29.2 Å². The molecular formula is C29H30N6O3. The molecule has 0 saturated heterocycles. The monoisotopic (exact) mass is 510 g/mol. The number of aryl methyl sites for hydroxylation is 2. The summed E-state index contributed by atoms with van der Waals surface area (Å²) in [5.74, 6) is 8.34. The summed E-state index contributed by atoms with van der Waals surface area (Å²) in [7, 11) is 1.60. The molecule has 0 aliphatic heterocycles. The van der Waals surface area contributed by atoms with Crippen LogP contribution >= 0.6 is 0 Å². The van der Waals surface area contributed by atoms with Crippen molar-refractivity contribution in [1.29, 1.82) is 0 Å². The quantitative estimate of drug-likeness (QED) is 0.285. The van der Waals surface area contributed by atoms with E-state index in [9.17, 15) is 4.79 Å². The lowest BCUT2D eigenvalue weighted by Crippen LogP contribution is -2.48. The summed E-state index contributed by atoms with van der Waals surface area (Å²) in [6.07, 6.45) is 3.71. The van der Waals surface area contributed by atoms with Crippen LogP contribution in [0.25, 0.3) is 10.9 Å². The Labute approximate surface area is 221 Å². The molecule has 4 rings (SSSR count). The molecule has 0 saturated carbocycles. The van der Waals surface area contributed by atoms with Crippen molar-refractivity contribution in [3.63, 3.8) is 0 Å². The molecule has 194 valence electrons. The fourth-order valence-corrected chi connectivity index (χ4v) is 3.80. The summed E-state index contributed by atoms with van der Waals surface area (Å²) in [5, 5.41) is 6.90. The van der Waals surface area contributed by atoms with E-state index in [4.69, 9.17) is 15.2 Å². The van der Waals surface area contributed by atoms with Gasteiger partial charge in [0, 0.05) is 42.5 Å². The van der Waals surface area contributed by atoms with Crippen molar-refractivity contribution >= 4 is 28.4 Å². The molecule has 1 atom stereocenters. The van der Waals surface area contributed by atoms with Gasteiger partial charge < -0.3 is 25.8 Å². The van der Waals surface area contributed by atoms with E-state index >= 15 is 0 Å². The van der Waals surface area contributed by atoms with E-state index in [1.807, 2.05) is 69.3 Å². The second kappa shape index (κ2) is 11.6. The highest BCUT2D eigenvalue weighted by molar-refractivity contribution is 5.91. The molecule has 4 aromatic rings. The number of primary amides is 1. The molecule has 0 aliphatic rings. The normalized spacial score (nSPS) is 12.2. The van der Waals surface area contributed by atoms with E-state index < -0.39 is 11.6 Å².